The minimum atomic E-state index is -1.40. The summed E-state index contributed by atoms with van der Waals surface area (Å²) in [4.78, 5) is 22.2. The fourth-order valence-electron chi connectivity index (χ4n) is 1.68. The zero-order valence-electron chi connectivity index (χ0n) is 10.5. The van der Waals surface area contributed by atoms with Gasteiger partial charge in [-0.05, 0) is 25.8 Å². The number of furan rings is 1. The van der Waals surface area contributed by atoms with Crippen molar-refractivity contribution in [3.63, 3.8) is 0 Å². The van der Waals surface area contributed by atoms with Gasteiger partial charge in [-0.3, -0.25) is 9.00 Å². The molecule has 0 bridgehead atoms. The van der Waals surface area contributed by atoms with Crippen LogP contribution in [0.1, 0.15) is 34.7 Å². The average molecular weight is 285 g/mol. The summed E-state index contributed by atoms with van der Waals surface area (Å²) in [6.45, 7) is 1.61. The minimum Gasteiger partial charge on any atom is -0.475 e. The summed E-state index contributed by atoms with van der Waals surface area (Å²) in [6, 6.07) is 1.79. The van der Waals surface area contributed by atoms with Crippen molar-refractivity contribution in [1.29, 1.82) is 0 Å². The first-order valence-electron chi connectivity index (χ1n) is 5.92. The SMILES string of the molecule is Cc1cc(CS(=O)CC(=O)NC2CC2)oc1C(=O)O. The van der Waals surface area contributed by atoms with E-state index in [1.165, 1.54) is 0 Å². The van der Waals surface area contributed by atoms with Gasteiger partial charge in [-0.25, -0.2) is 4.79 Å². The second-order valence-corrected chi connectivity index (χ2v) is 6.06. The van der Waals surface area contributed by atoms with Crippen LogP contribution in [0.3, 0.4) is 0 Å². The number of carboxylic acid groups (broad SMARTS) is 1. The fourth-order valence-corrected chi connectivity index (χ4v) is 2.62. The van der Waals surface area contributed by atoms with Gasteiger partial charge < -0.3 is 14.8 Å². The highest BCUT2D eigenvalue weighted by Crippen LogP contribution is 2.19. The monoisotopic (exact) mass is 285 g/mol. The van der Waals surface area contributed by atoms with E-state index in [4.69, 9.17) is 9.52 Å². The predicted molar refractivity (Wildman–Crippen MR) is 68.3 cm³/mol. The van der Waals surface area contributed by atoms with Crippen molar-refractivity contribution in [3.8, 4) is 0 Å². The van der Waals surface area contributed by atoms with Crippen molar-refractivity contribution < 1.29 is 23.3 Å². The summed E-state index contributed by atoms with van der Waals surface area (Å²) in [5.74, 6) is -1.24. The lowest BCUT2D eigenvalue weighted by molar-refractivity contribution is -0.118. The Labute approximate surface area is 112 Å². The standard InChI is InChI=1S/C12H15NO5S/c1-7-4-9(18-11(7)12(15)16)5-19(17)6-10(14)13-8-2-3-8/h4,8H,2-3,5-6H2,1H3,(H,13,14)(H,15,16). The maximum atomic E-state index is 11.8. The number of nitrogens with one attached hydrogen (secondary N) is 1. The minimum absolute atomic E-state index is 0.0478. The highest BCUT2D eigenvalue weighted by Gasteiger charge is 2.24. The molecule has 1 aromatic rings. The largest absolute Gasteiger partial charge is 0.475 e. The fraction of sp³-hybridized carbons (Fsp3) is 0.500. The summed E-state index contributed by atoms with van der Waals surface area (Å²) in [5.41, 5.74) is 0.488. The number of amides is 1. The van der Waals surface area contributed by atoms with E-state index < -0.39 is 16.8 Å². The van der Waals surface area contributed by atoms with Gasteiger partial charge in [-0.15, -0.1) is 0 Å². The van der Waals surface area contributed by atoms with Gasteiger partial charge in [0, 0.05) is 22.4 Å². The molecule has 1 amide bonds. The summed E-state index contributed by atoms with van der Waals surface area (Å²) in [5, 5.41) is 11.6. The molecular weight excluding hydrogens is 270 g/mol. The number of carboxylic acids is 1. The average Bonchev–Trinajstić information content (AvgIpc) is 3.00. The van der Waals surface area contributed by atoms with Crippen LogP contribution in [-0.4, -0.2) is 33.0 Å². The molecule has 6 nitrogen and oxygen atoms in total. The Hall–Kier alpha value is -1.63. The molecule has 1 aliphatic rings. The maximum Gasteiger partial charge on any atom is 0.372 e. The lowest BCUT2D eigenvalue weighted by Crippen LogP contribution is -2.30. The van der Waals surface area contributed by atoms with E-state index >= 15 is 0 Å². The summed E-state index contributed by atoms with van der Waals surface area (Å²) in [7, 11) is -1.40. The van der Waals surface area contributed by atoms with Crippen molar-refractivity contribution in [1.82, 2.24) is 5.32 Å². The second-order valence-electron chi connectivity index (χ2n) is 4.60. The number of carbonyl (C=O) groups is 2. The second kappa shape index (κ2) is 5.56. The van der Waals surface area contributed by atoms with Gasteiger partial charge in [0.25, 0.3) is 0 Å². The van der Waals surface area contributed by atoms with E-state index in [0.29, 0.717) is 11.3 Å². The Bertz CT molecular complexity index is 532. The Morgan fingerprint density at radius 1 is 1.53 bits per heavy atom. The first-order valence-corrected chi connectivity index (χ1v) is 7.41. The van der Waals surface area contributed by atoms with E-state index in [-0.39, 0.29) is 29.2 Å². The molecule has 1 heterocycles. The number of hydrogen-bond donors (Lipinski definition) is 2. The van der Waals surface area contributed by atoms with E-state index in [1.54, 1.807) is 13.0 Å². The van der Waals surface area contributed by atoms with Gasteiger partial charge in [0.1, 0.15) is 11.5 Å². The molecule has 19 heavy (non-hydrogen) atoms. The molecule has 0 saturated heterocycles. The molecule has 0 aromatic carbocycles. The van der Waals surface area contributed by atoms with Crippen LogP contribution in [0.25, 0.3) is 0 Å². The Morgan fingerprint density at radius 2 is 2.21 bits per heavy atom. The van der Waals surface area contributed by atoms with Gasteiger partial charge in [-0.1, -0.05) is 0 Å². The summed E-state index contributed by atoms with van der Waals surface area (Å²) < 4.78 is 16.9. The molecule has 7 heteroatoms. The third kappa shape index (κ3) is 3.92. The van der Waals surface area contributed by atoms with Crippen molar-refractivity contribution in [2.75, 3.05) is 5.75 Å². The summed E-state index contributed by atoms with van der Waals surface area (Å²) in [6.07, 6.45) is 1.97. The molecule has 0 radical (unpaired) electrons. The van der Waals surface area contributed by atoms with Gasteiger partial charge >= 0.3 is 5.97 Å². The highest BCUT2D eigenvalue weighted by molar-refractivity contribution is 7.84. The van der Waals surface area contributed by atoms with Gasteiger partial charge in [-0.2, -0.15) is 0 Å². The topological polar surface area (TPSA) is 96.6 Å². The lowest BCUT2D eigenvalue weighted by atomic mass is 10.3. The number of aromatic carboxylic acids is 1. The first kappa shape index (κ1) is 13.8. The molecule has 1 aromatic heterocycles. The number of rotatable bonds is 6. The van der Waals surface area contributed by atoms with Crippen LogP contribution in [0, 0.1) is 6.92 Å². The van der Waals surface area contributed by atoms with Crippen LogP contribution in [0.15, 0.2) is 10.5 Å². The van der Waals surface area contributed by atoms with Crippen molar-refractivity contribution >= 4 is 22.7 Å². The number of carbonyl (C=O) groups excluding carboxylic acids is 1. The van der Waals surface area contributed by atoms with Crippen molar-refractivity contribution in [2.24, 2.45) is 0 Å². The van der Waals surface area contributed by atoms with Crippen LogP contribution in [0.2, 0.25) is 0 Å². The number of aryl methyl sites for hydroxylation is 1. The van der Waals surface area contributed by atoms with Crippen LogP contribution in [0.5, 0.6) is 0 Å². The van der Waals surface area contributed by atoms with Gasteiger partial charge in [0.05, 0.1) is 5.75 Å². The zero-order valence-corrected chi connectivity index (χ0v) is 11.3. The van der Waals surface area contributed by atoms with Crippen LogP contribution in [0.4, 0.5) is 0 Å². The van der Waals surface area contributed by atoms with E-state index in [9.17, 15) is 13.8 Å². The molecule has 1 saturated carbocycles. The zero-order chi connectivity index (χ0) is 14.0. The summed E-state index contributed by atoms with van der Waals surface area (Å²) >= 11 is 0. The molecule has 0 spiro atoms. The number of hydrogen-bond acceptors (Lipinski definition) is 4. The van der Waals surface area contributed by atoms with Gasteiger partial charge in [0.15, 0.2) is 0 Å². The van der Waals surface area contributed by atoms with E-state index in [0.717, 1.165) is 12.8 Å². The first-order chi connectivity index (χ1) is 8.95. The molecule has 1 fully saturated rings. The quantitative estimate of drug-likeness (QED) is 0.806. The van der Waals surface area contributed by atoms with E-state index in [2.05, 4.69) is 5.32 Å². The van der Waals surface area contributed by atoms with Crippen molar-refractivity contribution in [2.45, 2.75) is 31.6 Å². The maximum absolute atomic E-state index is 11.8. The molecule has 1 atom stereocenters. The molecule has 104 valence electrons. The third-order valence-corrected chi connectivity index (χ3v) is 3.89. The lowest BCUT2D eigenvalue weighted by Gasteiger charge is -2.02. The van der Waals surface area contributed by atoms with Crippen molar-refractivity contribution in [3.05, 3.63) is 23.2 Å². The Morgan fingerprint density at radius 3 is 2.74 bits per heavy atom. The molecule has 1 unspecified atom stereocenters. The molecule has 0 aliphatic heterocycles. The highest BCUT2D eigenvalue weighted by atomic mass is 32.2. The molecule has 2 N–H and O–H groups in total. The molecule has 1 aliphatic carbocycles. The normalized spacial score (nSPS) is 16.1. The Kier molecular flexibility index (Phi) is 4.04. The molecular formula is C12H15NO5S. The van der Waals surface area contributed by atoms with Crippen LogP contribution < -0.4 is 5.32 Å². The van der Waals surface area contributed by atoms with E-state index in [1.807, 2.05) is 0 Å². The molecule has 2 rings (SSSR count). The van der Waals surface area contributed by atoms with Crippen LogP contribution >= 0.6 is 0 Å². The Balaban J connectivity index is 1.89. The smallest absolute Gasteiger partial charge is 0.372 e. The third-order valence-electron chi connectivity index (χ3n) is 2.70. The predicted octanol–water partition coefficient (Wildman–Crippen LogP) is 0.814. The van der Waals surface area contributed by atoms with Crippen LogP contribution in [-0.2, 0) is 21.3 Å². The van der Waals surface area contributed by atoms with Gasteiger partial charge in [0.2, 0.25) is 11.7 Å².